The molecule has 0 amide bonds. The topological polar surface area (TPSA) is 0 Å². The van der Waals surface area contributed by atoms with E-state index in [4.69, 9.17) is 12.2 Å². The molecular weight excluding hydrogens is 196 g/mol. The van der Waals surface area contributed by atoms with Gasteiger partial charge in [-0.2, -0.15) is 0 Å². The van der Waals surface area contributed by atoms with Crippen LogP contribution in [0.15, 0.2) is 22.2 Å². The van der Waals surface area contributed by atoms with Crippen LogP contribution < -0.4 is 0 Å². The summed E-state index contributed by atoms with van der Waals surface area (Å²) < 4.78 is 1.18. The van der Waals surface area contributed by atoms with E-state index in [1.54, 1.807) is 0 Å². The Labute approximate surface area is 68.8 Å². The van der Waals surface area contributed by atoms with Gasteiger partial charge in [-0.15, -0.1) is 0 Å². The molecule has 0 aromatic rings. The molecule has 0 aromatic carbocycles. The van der Waals surface area contributed by atoms with Gasteiger partial charge in [-0.05, 0) is 12.5 Å². The largest absolute Gasteiger partial charge is 0.0842 e. The Hall–Kier alpha value is 0.0500. The molecule has 0 aromatic heterocycles. The van der Waals surface area contributed by atoms with Gasteiger partial charge < -0.3 is 0 Å². The lowest BCUT2D eigenvalue weighted by atomic mass is 10.1. The highest BCUT2D eigenvalue weighted by atomic mass is 79.9. The van der Waals surface area contributed by atoms with E-state index in [1.807, 2.05) is 19.1 Å². The van der Waals surface area contributed by atoms with Crippen molar-refractivity contribution in [1.29, 1.82) is 0 Å². The van der Waals surface area contributed by atoms with Crippen molar-refractivity contribution >= 4 is 33.0 Å². The molecule has 0 N–H and O–H groups in total. The quantitative estimate of drug-likeness (QED) is 0.545. The van der Waals surface area contributed by atoms with Crippen molar-refractivity contribution in [3.05, 3.63) is 22.2 Å². The van der Waals surface area contributed by atoms with Crippen LogP contribution in [0.4, 0.5) is 0 Å². The first-order chi connectivity index (χ1) is 4.20. The first-order valence-corrected chi connectivity index (χ1v) is 3.96. The van der Waals surface area contributed by atoms with Gasteiger partial charge in [0.2, 0.25) is 0 Å². The van der Waals surface area contributed by atoms with Crippen LogP contribution in [0.2, 0.25) is 0 Å². The minimum absolute atomic E-state index is 0.900. The van der Waals surface area contributed by atoms with Crippen molar-refractivity contribution in [3.8, 4) is 0 Å². The molecule has 0 bridgehead atoms. The second-order valence-corrected chi connectivity index (χ2v) is 3.57. The molecule has 1 aliphatic carbocycles. The fourth-order valence-electron chi connectivity index (χ4n) is 0.660. The van der Waals surface area contributed by atoms with E-state index in [9.17, 15) is 0 Å². The SMILES string of the molecule is CC1=CC=C(Br)CC1=S. The molecule has 0 radical (unpaired) electrons. The molecule has 0 unspecified atom stereocenters. The van der Waals surface area contributed by atoms with Gasteiger partial charge in [-0.1, -0.05) is 40.3 Å². The Morgan fingerprint density at radius 1 is 1.56 bits per heavy atom. The second kappa shape index (κ2) is 2.76. The Morgan fingerprint density at radius 3 is 2.67 bits per heavy atom. The molecule has 0 heterocycles. The maximum atomic E-state index is 5.07. The van der Waals surface area contributed by atoms with E-state index in [2.05, 4.69) is 15.9 Å². The zero-order valence-corrected chi connectivity index (χ0v) is 7.55. The lowest BCUT2D eigenvalue weighted by Crippen LogP contribution is -1.99. The maximum Gasteiger partial charge on any atom is 0.0230 e. The van der Waals surface area contributed by atoms with E-state index >= 15 is 0 Å². The lowest BCUT2D eigenvalue weighted by molar-refractivity contribution is 1.40. The van der Waals surface area contributed by atoms with Crippen molar-refractivity contribution in [2.45, 2.75) is 13.3 Å². The van der Waals surface area contributed by atoms with E-state index in [1.165, 1.54) is 10.1 Å². The van der Waals surface area contributed by atoms with Crippen molar-refractivity contribution in [2.24, 2.45) is 0 Å². The van der Waals surface area contributed by atoms with Crippen LogP contribution in [0, 0.1) is 0 Å². The first kappa shape index (κ1) is 7.16. The maximum absolute atomic E-state index is 5.07. The summed E-state index contributed by atoms with van der Waals surface area (Å²) in [5.41, 5.74) is 1.22. The molecule has 0 saturated heterocycles. The zero-order chi connectivity index (χ0) is 6.85. The van der Waals surface area contributed by atoms with Gasteiger partial charge in [0.1, 0.15) is 0 Å². The Bertz CT molecular complexity index is 201. The van der Waals surface area contributed by atoms with E-state index in [-0.39, 0.29) is 0 Å². The van der Waals surface area contributed by atoms with Crippen LogP contribution in [0.25, 0.3) is 0 Å². The van der Waals surface area contributed by atoms with Gasteiger partial charge in [0.05, 0.1) is 0 Å². The molecule has 1 aliphatic rings. The van der Waals surface area contributed by atoms with Crippen molar-refractivity contribution < 1.29 is 0 Å². The number of halogens is 1. The number of allylic oxidation sites excluding steroid dienone is 4. The van der Waals surface area contributed by atoms with Crippen molar-refractivity contribution in [3.63, 3.8) is 0 Å². The standard InChI is InChI=1S/C7H7BrS/c1-5-2-3-6(8)4-7(5)9/h2-3H,4H2,1H3. The minimum atomic E-state index is 0.900. The van der Waals surface area contributed by atoms with Crippen LogP contribution in [0.5, 0.6) is 0 Å². The highest BCUT2D eigenvalue weighted by molar-refractivity contribution is 9.11. The van der Waals surface area contributed by atoms with Gasteiger partial charge in [0.25, 0.3) is 0 Å². The minimum Gasteiger partial charge on any atom is -0.0842 e. The van der Waals surface area contributed by atoms with E-state index in [0.717, 1.165) is 11.3 Å². The van der Waals surface area contributed by atoms with Crippen LogP contribution in [-0.2, 0) is 0 Å². The van der Waals surface area contributed by atoms with Crippen molar-refractivity contribution in [2.75, 3.05) is 0 Å². The van der Waals surface area contributed by atoms with Crippen LogP contribution >= 0.6 is 28.1 Å². The van der Waals surface area contributed by atoms with E-state index in [0.29, 0.717) is 0 Å². The summed E-state index contributed by atoms with van der Waals surface area (Å²) in [6.07, 6.45) is 4.98. The molecule has 0 spiro atoms. The summed E-state index contributed by atoms with van der Waals surface area (Å²) in [6.45, 7) is 2.04. The summed E-state index contributed by atoms with van der Waals surface area (Å²) >= 11 is 8.45. The Balaban J connectivity index is 2.86. The molecule has 0 fully saturated rings. The zero-order valence-electron chi connectivity index (χ0n) is 5.15. The predicted octanol–water partition coefficient (Wildman–Crippen LogP) is 2.99. The highest BCUT2D eigenvalue weighted by Gasteiger charge is 2.04. The third-order valence-electron chi connectivity index (χ3n) is 1.28. The normalized spacial score (nSPS) is 19.1. The van der Waals surface area contributed by atoms with Crippen LogP contribution in [0.3, 0.4) is 0 Å². The average Bonchev–Trinajstić information content (AvgIpc) is 1.80. The second-order valence-electron chi connectivity index (χ2n) is 2.06. The van der Waals surface area contributed by atoms with Gasteiger partial charge >= 0.3 is 0 Å². The molecular formula is C7H7BrS. The molecule has 0 aliphatic heterocycles. The number of hydrogen-bond acceptors (Lipinski definition) is 1. The predicted molar refractivity (Wildman–Crippen MR) is 48.0 cm³/mol. The number of rotatable bonds is 0. The van der Waals surface area contributed by atoms with Gasteiger partial charge in [-0.3, -0.25) is 0 Å². The summed E-state index contributed by atoms with van der Waals surface area (Å²) in [6, 6.07) is 0. The lowest BCUT2D eigenvalue weighted by Gasteiger charge is -2.06. The van der Waals surface area contributed by atoms with Gasteiger partial charge in [-0.25, -0.2) is 0 Å². The molecule has 0 nitrogen and oxygen atoms in total. The molecule has 0 atom stereocenters. The monoisotopic (exact) mass is 202 g/mol. The molecule has 48 valence electrons. The van der Waals surface area contributed by atoms with Gasteiger partial charge in [0.15, 0.2) is 0 Å². The van der Waals surface area contributed by atoms with Crippen LogP contribution in [0.1, 0.15) is 13.3 Å². The Morgan fingerprint density at radius 2 is 2.22 bits per heavy atom. The number of hydrogen-bond donors (Lipinski definition) is 0. The van der Waals surface area contributed by atoms with E-state index < -0.39 is 0 Å². The number of thiocarbonyl (C=S) groups is 1. The third-order valence-corrected chi connectivity index (χ3v) is 2.29. The fourth-order valence-corrected chi connectivity index (χ4v) is 1.48. The molecule has 0 saturated carbocycles. The Kier molecular flexibility index (Phi) is 2.19. The highest BCUT2D eigenvalue weighted by Crippen LogP contribution is 2.20. The summed E-state index contributed by atoms with van der Waals surface area (Å²) in [4.78, 5) is 1.05. The van der Waals surface area contributed by atoms with Crippen molar-refractivity contribution in [1.82, 2.24) is 0 Å². The summed E-state index contributed by atoms with van der Waals surface area (Å²) in [5, 5.41) is 0. The third kappa shape index (κ3) is 1.73. The smallest absolute Gasteiger partial charge is 0.0230 e. The summed E-state index contributed by atoms with van der Waals surface area (Å²) in [5.74, 6) is 0. The molecule has 9 heavy (non-hydrogen) atoms. The van der Waals surface area contributed by atoms with Crippen LogP contribution in [-0.4, -0.2) is 4.86 Å². The molecule has 1 rings (SSSR count). The first-order valence-electron chi connectivity index (χ1n) is 2.76. The average molecular weight is 203 g/mol. The fraction of sp³-hybridized carbons (Fsp3) is 0.286. The van der Waals surface area contributed by atoms with Gasteiger partial charge in [0, 0.05) is 15.8 Å². The summed E-state index contributed by atoms with van der Waals surface area (Å²) in [7, 11) is 0. The molecule has 2 heteroatoms.